The van der Waals surface area contributed by atoms with Crippen molar-refractivity contribution in [2.45, 2.75) is 51.8 Å². The average molecular weight is 262 g/mol. The van der Waals surface area contributed by atoms with Gasteiger partial charge < -0.3 is 15.4 Å². The molecule has 1 aliphatic heterocycles. The zero-order valence-electron chi connectivity index (χ0n) is 12.3. The number of hydrogen-bond donors (Lipinski definition) is 2. The first-order chi connectivity index (χ1) is 9.15. The molecule has 0 spiro atoms. The molecule has 1 aromatic carbocycles. The van der Waals surface area contributed by atoms with Crippen LogP contribution >= 0.6 is 0 Å². The Kier molecular flexibility index (Phi) is 5.23. The summed E-state index contributed by atoms with van der Waals surface area (Å²) in [5.74, 6) is 0.949. The Morgan fingerprint density at radius 3 is 2.53 bits per heavy atom. The van der Waals surface area contributed by atoms with Crippen LogP contribution in [0.5, 0.6) is 5.75 Å². The fourth-order valence-electron chi connectivity index (χ4n) is 2.55. The van der Waals surface area contributed by atoms with Crippen molar-refractivity contribution < 1.29 is 4.74 Å². The zero-order valence-corrected chi connectivity index (χ0v) is 12.3. The predicted molar refractivity (Wildman–Crippen MR) is 79.6 cm³/mol. The number of rotatable bonds is 5. The Hall–Kier alpha value is -1.06. The average Bonchev–Trinajstić information content (AvgIpc) is 2.40. The summed E-state index contributed by atoms with van der Waals surface area (Å²) in [5, 5.41) is 7.13. The van der Waals surface area contributed by atoms with E-state index in [1.807, 2.05) is 13.8 Å². The van der Waals surface area contributed by atoms with E-state index in [1.165, 1.54) is 18.4 Å². The lowest BCUT2D eigenvalue weighted by Gasteiger charge is -2.27. The molecule has 3 nitrogen and oxygen atoms in total. The van der Waals surface area contributed by atoms with Gasteiger partial charge >= 0.3 is 0 Å². The first-order valence-corrected chi connectivity index (χ1v) is 7.38. The SMILES string of the molecule is CC(C)Oc1ccc(C(C)NC2CCCNC2)cc1. The molecule has 106 valence electrons. The van der Waals surface area contributed by atoms with Crippen molar-refractivity contribution in [2.24, 2.45) is 0 Å². The summed E-state index contributed by atoms with van der Waals surface area (Å²) in [4.78, 5) is 0. The molecule has 1 aliphatic rings. The number of ether oxygens (including phenoxy) is 1. The molecule has 0 radical (unpaired) electrons. The van der Waals surface area contributed by atoms with Crippen molar-refractivity contribution in [1.29, 1.82) is 0 Å². The molecule has 2 rings (SSSR count). The van der Waals surface area contributed by atoms with E-state index in [1.54, 1.807) is 0 Å². The third-order valence-electron chi connectivity index (χ3n) is 3.53. The van der Waals surface area contributed by atoms with Gasteiger partial charge in [0.05, 0.1) is 6.10 Å². The maximum Gasteiger partial charge on any atom is 0.119 e. The van der Waals surface area contributed by atoms with Gasteiger partial charge in [-0.2, -0.15) is 0 Å². The van der Waals surface area contributed by atoms with E-state index in [0.717, 1.165) is 18.8 Å². The van der Waals surface area contributed by atoms with Crippen LogP contribution in [0.1, 0.15) is 45.2 Å². The van der Waals surface area contributed by atoms with E-state index in [0.29, 0.717) is 12.1 Å². The summed E-state index contributed by atoms with van der Waals surface area (Å²) in [7, 11) is 0. The van der Waals surface area contributed by atoms with Gasteiger partial charge in [0.15, 0.2) is 0 Å². The van der Waals surface area contributed by atoms with E-state index in [-0.39, 0.29) is 6.10 Å². The Bertz CT molecular complexity index is 369. The molecular formula is C16H26N2O. The number of piperidine rings is 1. The van der Waals surface area contributed by atoms with Crippen LogP contribution in [0.4, 0.5) is 0 Å². The van der Waals surface area contributed by atoms with Gasteiger partial charge in [0, 0.05) is 18.6 Å². The van der Waals surface area contributed by atoms with E-state index >= 15 is 0 Å². The molecule has 1 heterocycles. The van der Waals surface area contributed by atoms with Crippen molar-refractivity contribution in [2.75, 3.05) is 13.1 Å². The number of hydrogen-bond acceptors (Lipinski definition) is 3. The van der Waals surface area contributed by atoms with Gasteiger partial charge in [0.25, 0.3) is 0 Å². The summed E-state index contributed by atoms with van der Waals surface area (Å²) in [5.41, 5.74) is 1.32. The molecule has 0 aliphatic carbocycles. The molecule has 2 atom stereocenters. The van der Waals surface area contributed by atoms with Gasteiger partial charge in [-0.3, -0.25) is 0 Å². The Labute approximate surface area is 116 Å². The number of nitrogens with one attached hydrogen (secondary N) is 2. The van der Waals surface area contributed by atoms with Gasteiger partial charge in [-0.1, -0.05) is 12.1 Å². The van der Waals surface area contributed by atoms with E-state index < -0.39 is 0 Å². The molecule has 0 bridgehead atoms. The van der Waals surface area contributed by atoms with Crippen LogP contribution < -0.4 is 15.4 Å². The summed E-state index contributed by atoms with van der Waals surface area (Å²) < 4.78 is 5.67. The summed E-state index contributed by atoms with van der Waals surface area (Å²) in [6, 6.07) is 9.42. The second-order valence-electron chi connectivity index (χ2n) is 5.67. The van der Waals surface area contributed by atoms with Crippen LogP contribution in [-0.2, 0) is 0 Å². The van der Waals surface area contributed by atoms with Crippen LogP contribution in [-0.4, -0.2) is 25.2 Å². The van der Waals surface area contributed by atoms with Crippen molar-refractivity contribution in [3.8, 4) is 5.75 Å². The largest absolute Gasteiger partial charge is 0.491 e. The lowest BCUT2D eigenvalue weighted by molar-refractivity contribution is 0.242. The highest BCUT2D eigenvalue weighted by molar-refractivity contribution is 5.29. The molecule has 3 heteroatoms. The van der Waals surface area contributed by atoms with Crippen molar-refractivity contribution >= 4 is 0 Å². The first-order valence-electron chi connectivity index (χ1n) is 7.38. The molecule has 2 unspecified atom stereocenters. The number of benzene rings is 1. The normalized spacial score (nSPS) is 21.4. The lowest BCUT2D eigenvalue weighted by Crippen LogP contribution is -2.43. The minimum Gasteiger partial charge on any atom is -0.491 e. The molecule has 19 heavy (non-hydrogen) atoms. The molecule has 0 amide bonds. The van der Waals surface area contributed by atoms with E-state index in [2.05, 4.69) is 41.8 Å². The van der Waals surface area contributed by atoms with Crippen molar-refractivity contribution in [3.63, 3.8) is 0 Å². The zero-order chi connectivity index (χ0) is 13.7. The maximum absolute atomic E-state index is 5.67. The van der Waals surface area contributed by atoms with Crippen LogP contribution in [0.2, 0.25) is 0 Å². The monoisotopic (exact) mass is 262 g/mol. The standard InChI is InChI=1S/C16H26N2O/c1-12(2)19-16-8-6-14(7-9-16)13(3)18-15-5-4-10-17-11-15/h6-9,12-13,15,17-18H,4-5,10-11H2,1-3H3. The predicted octanol–water partition coefficient (Wildman–Crippen LogP) is 2.88. The Balaban J connectivity index is 1.89. The van der Waals surface area contributed by atoms with Crippen LogP contribution in [0.15, 0.2) is 24.3 Å². The van der Waals surface area contributed by atoms with Crippen LogP contribution in [0.3, 0.4) is 0 Å². The van der Waals surface area contributed by atoms with E-state index in [9.17, 15) is 0 Å². The topological polar surface area (TPSA) is 33.3 Å². The second-order valence-corrected chi connectivity index (χ2v) is 5.67. The lowest BCUT2D eigenvalue weighted by atomic mass is 10.0. The summed E-state index contributed by atoms with van der Waals surface area (Å²) in [6.07, 6.45) is 2.77. The Morgan fingerprint density at radius 1 is 1.21 bits per heavy atom. The van der Waals surface area contributed by atoms with E-state index in [4.69, 9.17) is 4.74 Å². The fraction of sp³-hybridized carbons (Fsp3) is 0.625. The fourth-order valence-corrected chi connectivity index (χ4v) is 2.55. The highest BCUT2D eigenvalue weighted by Gasteiger charge is 2.15. The molecule has 1 saturated heterocycles. The molecular weight excluding hydrogens is 236 g/mol. The van der Waals surface area contributed by atoms with Gasteiger partial charge in [0.1, 0.15) is 5.75 Å². The van der Waals surface area contributed by atoms with Gasteiger partial charge in [-0.25, -0.2) is 0 Å². The highest BCUT2D eigenvalue weighted by Crippen LogP contribution is 2.19. The Morgan fingerprint density at radius 2 is 1.95 bits per heavy atom. The van der Waals surface area contributed by atoms with Crippen LogP contribution in [0, 0.1) is 0 Å². The van der Waals surface area contributed by atoms with Gasteiger partial charge in [-0.05, 0) is 57.9 Å². The molecule has 0 saturated carbocycles. The minimum absolute atomic E-state index is 0.231. The quantitative estimate of drug-likeness (QED) is 0.856. The molecule has 2 N–H and O–H groups in total. The highest BCUT2D eigenvalue weighted by atomic mass is 16.5. The molecule has 1 fully saturated rings. The maximum atomic E-state index is 5.67. The second kappa shape index (κ2) is 6.92. The van der Waals surface area contributed by atoms with Crippen molar-refractivity contribution in [1.82, 2.24) is 10.6 Å². The molecule has 0 aromatic heterocycles. The van der Waals surface area contributed by atoms with Gasteiger partial charge in [0.2, 0.25) is 0 Å². The van der Waals surface area contributed by atoms with Crippen molar-refractivity contribution in [3.05, 3.63) is 29.8 Å². The smallest absolute Gasteiger partial charge is 0.119 e. The third kappa shape index (κ3) is 4.51. The van der Waals surface area contributed by atoms with Crippen LogP contribution in [0.25, 0.3) is 0 Å². The summed E-state index contributed by atoms with van der Waals surface area (Å²) in [6.45, 7) is 8.57. The summed E-state index contributed by atoms with van der Waals surface area (Å²) >= 11 is 0. The minimum atomic E-state index is 0.231. The first kappa shape index (κ1) is 14.4. The van der Waals surface area contributed by atoms with Gasteiger partial charge in [-0.15, -0.1) is 0 Å². The third-order valence-corrected chi connectivity index (χ3v) is 3.53. The molecule has 1 aromatic rings.